The van der Waals surface area contributed by atoms with Crippen molar-refractivity contribution in [2.45, 2.75) is 57.5 Å². The summed E-state index contributed by atoms with van der Waals surface area (Å²) in [7, 11) is 0. The number of carbonyl (C=O) groups excluding carboxylic acids is 2. The summed E-state index contributed by atoms with van der Waals surface area (Å²) in [4.78, 5) is 24.2. The zero-order valence-electron chi connectivity index (χ0n) is 14.0. The molecular weight excluding hydrogens is 304 g/mol. The van der Waals surface area contributed by atoms with E-state index in [0.717, 1.165) is 56.2 Å². The van der Waals surface area contributed by atoms with E-state index in [1.807, 2.05) is 12.1 Å². The summed E-state index contributed by atoms with van der Waals surface area (Å²) in [6.07, 6.45) is 7.68. The molecule has 130 valence electrons. The second-order valence-electron chi connectivity index (χ2n) is 6.93. The van der Waals surface area contributed by atoms with Crippen LogP contribution in [0.2, 0.25) is 0 Å². The predicted octanol–water partition coefficient (Wildman–Crippen LogP) is 2.17. The minimum Gasteiger partial charge on any atom is -0.393 e. The van der Waals surface area contributed by atoms with E-state index in [1.54, 1.807) is 0 Å². The normalized spacial score (nSPS) is 23.2. The smallest absolute Gasteiger partial charge is 0.313 e. The molecular formula is C19H26N2O3. The monoisotopic (exact) mass is 330 g/mol. The highest BCUT2D eigenvalue weighted by molar-refractivity contribution is 6.39. The van der Waals surface area contributed by atoms with Gasteiger partial charge in [-0.25, -0.2) is 0 Å². The molecule has 0 spiro atoms. The van der Waals surface area contributed by atoms with Gasteiger partial charge in [0.05, 0.1) is 6.10 Å². The molecule has 0 heterocycles. The van der Waals surface area contributed by atoms with Gasteiger partial charge in [-0.2, -0.15) is 0 Å². The van der Waals surface area contributed by atoms with E-state index in [4.69, 9.17) is 0 Å². The van der Waals surface area contributed by atoms with Gasteiger partial charge in [0.15, 0.2) is 0 Å². The first-order valence-corrected chi connectivity index (χ1v) is 9.03. The van der Waals surface area contributed by atoms with Gasteiger partial charge in [-0.1, -0.05) is 25.0 Å². The SMILES string of the molecule is O=C(NCC1CCCCC1O)C(=O)Nc1cccc2c1CCCC2. The van der Waals surface area contributed by atoms with E-state index in [0.29, 0.717) is 6.54 Å². The van der Waals surface area contributed by atoms with Gasteiger partial charge >= 0.3 is 11.8 Å². The Morgan fingerprint density at radius 1 is 1.04 bits per heavy atom. The Kier molecular flexibility index (Phi) is 5.51. The molecule has 1 saturated carbocycles. The predicted molar refractivity (Wildman–Crippen MR) is 92.7 cm³/mol. The molecule has 24 heavy (non-hydrogen) atoms. The summed E-state index contributed by atoms with van der Waals surface area (Å²) in [5, 5.41) is 15.4. The first kappa shape index (κ1) is 17.0. The van der Waals surface area contributed by atoms with E-state index in [1.165, 1.54) is 12.0 Å². The van der Waals surface area contributed by atoms with Crippen molar-refractivity contribution in [3.8, 4) is 0 Å². The molecule has 0 bridgehead atoms. The number of amides is 2. The number of carbonyl (C=O) groups is 2. The molecule has 0 radical (unpaired) electrons. The first-order valence-electron chi connectivity index (χ1n) is 9.03. The molecule has 2 atom stereocenters. The van der Waals surface area contributed by atoms with E-state index < -0.39 is 11.8 Å². The lowest BCUT2D eigenvalue weighted by Gasteiger charge is -2.27. The Bertz CT molecular complexity index is 615. The third-order valence-corrected chi connectivity index (χ3v) is 5.24. The van der Waals surface area contributed by atoms with Gasteiger partial charge in [-0.3, -0.25) is 9.59 Å². The fourth-order valence-electron chi connectivity index (χ4n) is 3.81. The first-order chi connectivity index (χ1) is 11.6. The highest BCUT2D eigenvalue weighted by Gasteiger charge is 2.25. The minimum absolute atomic E-state index is 0.0555. The van der Waals surface area contributed by atoms with Crippen LogP contribution in [0.5, 0.6) is 0 Å². The van der Waals surface area contributed by atoms with E-state index >= 15 is 0 Å². The van der Waals surface area contributed by atoms with E-state index in [9.17, 15) is 14.7 Å². The lowest BCUT2D eigenvalue weighted by molar-refractivity contribution is -0.136. The van der Waals surface area contributed by atoms with Crippen LogP contribution in [-0.2, 0) is 22.4 Å². The Hall–Kier alpha value is -1.88. The lowest BCUT2D eigenvalue weighted by atomic mass is 9.86. The maximum atomic E-state index is 12.2. The zero-order valence-corrected chi connectivity index (χ0v) is 14.0. The van der Waals surface area contributed by atoms with Crippen molar-refractivity contribution < 1.29 is 14.7 Å². The highest BCUT2D eigenvalue weighted by atomic mass is 16.3. The van der Waals surface area contributed by atoms with Crippen LogP contribution < -0.4 is 10.6 Å². The molecule has 0 saturated heterocycles. The van der Waals surface area contributed by atoms with Crippen LogP contribution in [0.3, 0.4) is 0 Å². The zero-order chi connectivity index (χ0) is 16.9. The number of hydrogen-bond donors (Lipinski definition) is 3. The third-order valence-electron chi connectivity index (χ3n) is 5.24. The maximum absolute atomic E-state index is 12.2. The molecule has 2 aliphatic carbocycles. The number of anilines is 1. The molecule has 2 aliphatic rings. The highest BCUT2D eigenvalue weighted by Crippen LogP contribution is 2.28. The fraction of sp³-hybridized carbons (Fsp3) is 0.579. The Morgan fingerprint density at radius 2 is 1.83 bits per heavy atom. The topological polar surface area (TPSA) is 78.4 Å². The van der Waals surface area contributed by atoms with Gasteiger partial charge in [0.2, 0.25) is 0 Å². The Labute approximate surface area is 142 Å². The number of hydrogen-bond acceptors (Lipinski definition) is 3. The van der Waals surface area contributed by atoms with Crippen molar-refractivity contribution in [3.63, 3.8) is 0 Å². The number of benzene rings is 1. The van der Waals surface area contributed by atoms with E-state index in [-0.39, 0.29) is 12.0 Å². The van der Waals surface area contributed by atoms with Crippen molar-refractivity contribution in [2.75, 3.05) is 11.9 Å². The summed E-state index contributed by atoms with van der Waals surface area (Å²) >= 11 is 0. The number of rotatable bonds is 3. The van der Waals surface area contributed by atoms with Crippen molar-refractivity contribution in [2.24, 2.45) is 5.92 Å². The van der Waals surface area contributed by atoms with Crippen LogP contribution in [0.1, 0.15) is 49.7 Å². The Morgan fingerprint density at radius 3 is 2.67 bits per heavy atom. The van der Waals surface area contributed by atoms with Gasteiger partial charge < -0.3 is 15.7 Å². The third kappa shape index (κ3) is 3.96. The van der Waals surface area contributed by atoms with Gasteiger partial charge in [-0.05, 0) is 55.7 Å². The van der Waals surface area contributed by atoms with Crippen LogP contribution in [-0.4, -0.2) is 29.6 Å². The van der Waals surface area contributed by atoms with Crippen LogP contribution in [0.15, 0.2) is 18.2 Å². The van der Waals surface area contributed by atoms with Gasteiger partial charge in [0.25, 0.3) is 0 Å². The van der Waals surface area contributed by atoms with Crippen LogP contribution in [0.25, 0.3) is 0 Å². The molecule has 3 N–H and O–H groups in total. The van der Waals surface area contributed by atoms with Crippen LogP contribution in [0, 0.1) is 5.92 Å². The summed E-state index contributed by atoms with van der Waals surface area (Å²) in [6, 6.07) is 5.88. The summed E-state index contributed by atoms with van der Waals surface area (Å²) in [6.45, 7) is 0.361. The molecule has 1 aromatic carbocycles. The average molecular weight is 330 g/mol. The molecule has 2 amide bonds. The number of aliphatic hydroxyl groups is 1. The quantitative estimate of drug-likeness (QED) is 0.743. The van der Waals surface area contributed by atoms with Crippen molar-refractivity contribution in [1.82, 2.24) is 5.32 Å². The summed E-state index contributed by atoms with van der Waals surface area (Å²) < 4.78 is 0. The van der Waals surface area contributed by atoms with Gasteiger partial charge in [0, 0.05) is 18.2 Å². The lowest BCUT2D eigenvalue weighted by Crippen LogP contribution is -2.41. The molecule has 2 unspecified atom stereocenters. The van der Waals surface area contributed by atoms with Gasteiger partial charge in [0.1, 0.15) is 0 Å². The van der Waals surface area contributed by atoms with Crippen molar-refractivity contribution in [3.05, 3.63) is 29.3 Å². The number of fused-ring (bicyclic) bond motifs is 1. The van der Waals surface area contributed by atoms with Crippen molar-refractivity contribution >= 4 is 17.5 Å². The second-order valence-corrected chi connectivity index (χ2v) is 6.93. The molecule has 1 aromatic rings. The largest absolute Gasteiger partial charge is 0.393 e. The molecule has 5 heteroatoms. The molecule has 5 nitrogen and oxygen atoms in total. The Balaban J connectivity index is 1.56. The maximum Gasteiger partial charge on any atom is 0.313 e. The summed E-state index contributed by atoms with van der Waals surface area (Å²) in [5.41, 5.74) is 3.18. The number of aryl methyl sites for hydroxylation is 1. The van der Waals surface area contributed by atoms with Crippen molar-refractivity contribution in [1.29, 1.82) is 0 Å². The standard InChI is InChI=1S/C19H26N2O3/c22-17-11-4-2-7-14(17)12-20-18(23)19(24)21-16-10-5-8-13-6-1-3-9-15(13)16/h5,8,10,14,17,22H,1-4,6-7,9,11-12H2,(H,20,23)(H,21,24). The van der Waals surface area contributed by atoms with Crippen LogP contribution >= 0.6 is 0 Å². The number of nitrogens with one attached hydrogen (secondary N) is 2. The summed E-state index contributed by atoms with van der Waals surface area (Å²) in [5.74, 6) is -1.19. The second kappa shape index (κ2) is 7.79. The fourth-order valence-corrected chi connectivity index (χ4v) is 3.81. The molecule has 0 aromatic heterocycles. The van der Waals surface area contributed by atoms with E-state index in [2.05, 4.69) is 16.7 Å². The van der Waals surface area contributed by atoms with Gasteiger partial charge in [-0.15, -0.1) is 0 Å². The van der Waals surface area contributed by atoms with Crippen LogP contribution in [0.4, 0.5) is 5.69 Å². The number of aliphatic hydroxyl groups excluding tert-OH is 1. The molecule has 1 fully saturated rings. The minimum atomic E-state index is -0.626. The molecule has 3 rings (SSSR count). The average Bonchev–Trinajstić information content (AvgIpc) is 2.61. The molecule has 0 aliphatic heterocycles.